The highest BCUT2D eigenvalue weighted by Gasteiger charge is 2.32. The van der Waals surface area contributed by atoms with Crippen LogP contribution < -0.4 is 21.7 Å². The van der Waals surface area contributed by atoms with E-state index in [1.165, 1.54) is 43.3 Å². The van der Waals surface area contributed by atoms with E-state index in [1.54, 1.807) is 12.1 Å². The fourth-order valence-electron chi connectivity index (χ4n) is 3.78. The van der Waals surface area contributed by atoms with Crippen LogP contribution in [0, 0.1) is 0 Å². The van der Waals surface area contributed by atoms with E-state index in [0.29, 0.717) is 11.1 Å². The molecule has 0 saturated carbocycles. The molecule has 0 heterocycles. The summed E-state index contributed by atoms with van der Waals surface area (Å²) in [7, 11) is 0. The van der Waals surface area contributed by atoms with E-state index >= 15 is 0 Å². The molecule has 2 aromatic carbocycles. The number of carbonyl (C=O) groups is 5. The van der Waals surface area contributed by atoms with Crippen LogP contribution in [0.1, 0.15) is 30.9 Å². The second kappa shape index (κ2) is 15.2. The van der Waals surface area contributed by atoms with Crippen molar-refractivity contribution in [3.8, 4) is 11.5 Å². The minimum Gasteiger partial charge on any atom is -0.508 e. The van der Waals surface area contributed by atoms with Crippen molar-refractivity contribution in [3.05, 3.63) is 59.7 Å². The summed E-state index contributed by atoms with van der Waals surface area (Å²) in [6, 6.07) is 5.83. The van der Waals surface area contributed by atoms with Gasteiger partial charge in [0.25, 0.3) is 0 Å². The summed E-state index contributed by atoms with van der Waals surface area (Å²) in [6.07, 6.45) is -2.56. The Morgan fingerprint density at radius 2 is 1.22 bits per heavy atom. The van der Waals surface area contributed by atoms with Gasteiger partial charge < -0.3 is 47.2 Å². The molecule has 5 atom stereocenters. The number of carbonyl (C=O) groups excluding carboxylic acids is 3. The van der Waals surface area contributed by atoms with Crippen LogP contribution in [0.3, 0.4) is 0 Å². The summed E-state index contributed by atoms with van der Waals surface area (Å²) >= 11 is 0. The maximum Gasteiger partial charge on any atom is 0.326 e. The van der Waals surface area contributed by atoms with Gasteiger partial charge in [-0.3, -0.25) is 19.2 Å². The van der Waals surface area contributed by atoms with Crippen LogP contribution in [0.4, 0.5) is 0 Å². The SMILES string of the molecule is CC(O)C(NC(=O)C(N)Cc1ccc(O)cc1)C(=O)NC(CCC(=O)O)C(=O)NC(Cc1ccc(O)cc1)C(=O)O. The summed E-state index contributed by atoms with van der Waals surface area (Å²) in [4.78, 5) is 61.6. The molecule has 0 radical (unpaired) electrons. The number of aliphatic hydroxyl groups is 1. The molecule has 0 bridgehead atoms. The topological polar surface area (TPSA) is 249 Å². The number of rotatable bonds is 15. The molecule has 0 saturated heterocycles. The van der Waals surface area contributed by atoms with Crippen LogP contribution >= 0.6 is 0 Å². The van der Waals surface area contributed by atoms with E-state index in [0.717, 1.165) is 0 Å². The Hall–Kier alpha value is -4.69. The summed E-state index contributed by atoms with van der Waals surface area (Å²) < 4.78 is 0. The van der Waals surface area contributed by atoms with Crippen molar-refractivity contribution in [2.24, 2.45) is 5.73 Å². The van der Waals surface area contributed by atoms with Crippen molar-refractivity contribution in [2.45, 2.75) is 62.9 Å². The number of carboxylic acids is 2. The summed E-state index contributed by atoms with van der Waals surface area (Å²) in [5.41, 5.74) is 7.03. The van der Waals surface area contributed by atoms with Crippen molar-refractivity contribution in [1.29, 1.82) is 0 Å². The Morgan fingerprint density at radius 3 is 1.68 bits per heavy atom. The molecule has 0 aliphatic heterocycles. The van der Waals surface area contributed by atoms with Crippen molar-refractivity contribution in [1.82, 2.24) is 16.0 Å². The average Bonchev–Trinajstić information content (AvgIpc) is 2.90. The standard InChI is InChI=1S/C27H34N4O10/c1-14(32)23(31-24(37)19(28)12-15-2-6-17(33)7-3-15)26(39)29-20(10-11-22(35)36)25(38)30-21(27(40)41)13-16-4-8-18(34)9-5-16/h2-9,14,19-21,23,32-34H,10-13,28H2,1H3,(H,29,39)(H,30,38)(H,31,37)(H,35,36)(H,40,41). The van der Waals surface area contributed by atoms with Gasteiger partial charge >= 0.3 is 11.9 Å². The normalized spacial score (nSPS) is 14.5. The Balaban J connectivity index is 2.12. The van der Waals surface area contributed by atoms with E-state index in [1.807, 2.05) is 0 Å². The first kappa shape index (κ1) is 32.5. The summed E-state index contributed by atoms with van der Waals surface area (Å²) in [6.45, 7) is 1.21. The highest BCUT2D eigenvalue weighted by atomic mass is 16.4. The van der Waals surface area contributed by atoms with Gasteiger partial charge in [0.2, 0.25) is 17.7 Å². The van der Waals surface area contributed by atoms with E-state index in [9.17, 15) is 44.4 Å². The highest BCUT2D eigenvalue weighted by molar-refractivity contribution is 5.94. The van der Waals surface area contributed by atoms with Gasteiger partial charge in [0.1, 0.15) is 29.6 Å². The number of nitrogens with one attached hydrogen (secondary N) is 3. The maximum absolute atomic E-state index is 13.0. The molecule has 0 aliphatic rings. The van der Waals surface area contributed by atoms with Gasteiger partial charge in [-0.05, 0) is 55.2 Å². The van der Waals surface area contributed by atoms with Crippen molar-refractivity contribution in [2.75, 3.05) is 0 Å². The van der Waals surface area contributed by atoms with Gasteiger partial charge in [0.05, 0.1) is 12.1 Å². The molecule has 3 amide bonds. The van der Waals surface area contributed by atoms with Gasteiger partial charge in [0, 0.05) is 12.8 Å². The Labute approximate surface area is 235 Å². The van der Waals surface area contributed by atoms with Crippen molar-refractivity contribution in [3.63, 3.8) is 0 Å². The molecule has 222 valence electrons. The predicted molar refractivity (Wildman–Crippen MR) is 144 cm³/mol. The molecule has 14 nitrogen and oxygen atoms in total. The van der Waals surface area contributed by atoms with Crippen molar-refractivity contribution < 1.29 is 49.5 Å². The fraction of sp³-hybridized carbons (Fsp3) is 0.370. The zero-order valence-electron chi connectivity index (χ0n) is 22.2. The molecule has 41 heavy (non-hydrogen) atoms. The smallest absolute Gasteiger partial charge is 0.326 e. The zero-order chi connectivity index (χ0) is 30.7. The number of hydrogen-bond donors (Lipinski definition) is 9. The van der Waals surface area contributed by atoms with E-state index in [-0.39, 0.29) is 24.3 Å². The number of aliphatic hydroxyl groups excluding tert-OH is 1. The largest absolute Gasteiger partial charge is 0.508 e. The minimum absolute atomic E-state index is 0.0223. The molecule has 5 unspecified atom stereocenters. The molecule has 0 aromatic heterocycles. The van der Waals surface area contributed by atoms with Crippen molar-refractivity contribution >= 4 is 29.7 Å². The van der Waals surface area contributed by atoms with Gasteiger partial charge in [-0.2, -0.15) is 0 Å². The zero-order valence-corrected chi connectivity index (χ0v) is 22.2. The highest BCUT2D eigenvalue weighted by Crippen LogP contribution is 2.13. The summed E-state index contributed by atoms with van der Waals surface area (Å²) in [5.74, 6) is -5.52. The molecule has 10 N–H and O–H groups in total. The quantitative estimate of drug-likeness (QED) is 0.125. The number of carboxylic acid groups (broad SMARTS) is 2. The second-order valence-corrected chi connectivity index (χ2v) is 9.47. The monoisotopic (exact) mass is 574 g/mol. The molecular weight excluding hydrogens is 540 g/mol. The maximum atomic E-state index is 13.0. The van der Waals surface area contributed by atoms with Gasteiger partial charge in [-0.25, -0.2) is 4.79 Å². The second-order valence-electron chi connectivity index (χ2n) is 9.47. The molecule has 14 heteroatoms. The lowest BCUT2D eigenvalue weighted by Gasteiger charge is -2.26. The van der Waals surface area contributed by atoms with Crippen LogP contribution in [-0.2, 0) is 36.8 Å². The molecule has 2 aromatic rings. The first-order chi connectivity index (χ1) is 19.3. The number of nitrogens with two attached hydrogens (primary N) is 1. The van der Waals surface area contributed by atoms with Crippen LogP contribution in [0.5, 0.6) is 11.5 Å². The average molecular weight is 575 g/mol. The number of phenolic OH excluding ortho intramolecular Hbond substituents is 2. The van der Waals surface area contributed by atoms with Crippen LogP contribution in [-0.4, -0.2) is 85.5 Å². The van der Waals surface area contributed by atoms with Gasteiger partial charge in [-0.1, -0.05) is 24.3 Å². The van der Waals surface area contributed by atoms with E-state index < -0.39 is 72.8 Å². The Morgan fingerprint density at radius 1 is 0.732 bits per heavy atom. The third-order valence-corrected chi connectivity index (χ3v) is 6.06. The first-order valence-corrected chi connectivity index (χ1v) is 12.6. The molecule has 0 fully saturated rings. The van der Waals surface area contributed by atoms with E-state index in [2.05, 4.69) is 16.0 Å². The number of benzene rings is 2. The predicted octanol–water partition coefficient (Wildman–Crippen LogP) is -1.01. The van der Waals surface area contributed by atoms with Gasteiger partial charge in [0.15, 0.2) is 0 Å². The Kier molecular flexibility index (Phi) is 12.0. The Bertz CT molecular complexity index is 1220. The third kappa shape index (κ3) is 10.8. The number of hydrogen-bond acceptors (Lipinski definition) is 9. The van der Waals surface area contributed by atoms with E-state index in [4.69, 9.17) is 10.8 Å². The summed E-state index contributed by atoms with van der Waals surface area (Å²) in [5, 5.41) is 54.5. The lowest BCUT2D eigenvalue weighted by atomic mass is 10.0. The molecular formula is C27H34N4O10. The van der Waals surface area contributed by atoms with Crippen LogP contribution in [0.15, 0.2) is 48.5 Å². The molecule has 0 spiro atoms. The number of phenols is 2. The van der Waals surface area contributed by atoms with Gasteiger partial charge in [-0.15, -0.1) is 0 Å². The molecule has 0 aliphatic carbocycles. The number of aliphatic carboxylic acids is 2. The first-order valence-electron chi connectivity index (χ1n) is 12.6. The fourth-order valence-corrected chi connectivity index (χ4v) is 3.78. The third-order valence-electron chi connectivity index (χ3n) is 6.06. The number of amides is 3. The number of aromatic hydroxyl groups is 2. The lowest BCUT2D eigenvalue weighted by molar-refractivity contribution is -0.143. The molecule has 2 rings (SSSR count). The minimum atomic E-state index is -1.58. The lowest BCUT2D eigenvalue weighted by Crippen LogP contribution is -2.60. The van der Waals surface area contributed by atoms with Crippen LogP contribution in [0.25, 0.3) is 0 Å². The van der Waals surface area contributed by atoms with Crippen LogP contribution in [0.2, 0.25) is 0 Å².